The van der Waals surface area contributed by atoms with Gasteiger partial charge in [0.15, 0.2) is 5.16 Å². The van der Waals surface area contributed by atoms with E-state index in [1.54, 1.807) is 6.07 Å². The van der Waals surface area contributed by atoms with Gasteiger partial charge in [-0.3, -0.25) is 0 Å². The molecule has 1 fully saturated rings. The van der Waals surface area contributed by atoms with Crippen LogP contribution in [0.5, 0.6) is 0 Å². The Labute approximate surface area is 148 Å². The molecule has 2 heterocycles. The van der Waals surface area contributed by atoms with Crippen molar-refractivity contribution in [1.29, 1.82) is 0 Å². The van der Waals surface area contributed by atoms with E-state index >= 15 is 0 Å². The van der Waals surface area contributed by atoms with Crippen LogP contribution in [0.3, 0.4) is 0 Å². The number of thioether (sulfide) groups is 1. The molecule has 4 nitrogen and oxygen atoms in total. The van der Waals surface area contributed by atoms with Gasteiger partial charge in [-0.2, -0.15) is 13.2 Å². The predicted octanol–water partition coefficient (Wildman–Crippen LogP) is 4.33. The van der Waals surface area contributed by atoms with Crippen LogP contribution >= 0.6 is 11.8 Å². The van der Waals surface area contributed by atoms with Crippen LogP contribution in [-0.4, -0.2) is 27.5 Å². The first kappa shape index (κ1) is 18.3. The van der Waals surface area contributed by atoms with Gasteiger partial charge in [0.05, 0.1) is 18.2 Å². The van der Waals surface area contributed by atoms with E-state index in [1.807, 2.05) is 11.5 Å². The molecule has 0 aliphatic carbocycles. The summed E-state index contributed by atoms with van der Waals surface area (Å²) in [5.74, 6) is 1.29. The average Bonchev–Trinajstić information content (AvgIpc) is 3.23. The van der Waals surface area contributed by atoms with Gasteiger partial charge in [-0.25, -0.2) is 0 Å². The molecule has 1 unspecified atom stereocenters. The van der Waals surface area contributed by atoms with E-state index in [-0.39, 0.29) is 6.10 Å². The zero-order chi connectivity index (χ0) is 17.9. The van der Waals surface area contributed by atoms with E-state index in [2.05, 4.69) is 10.2 Å². The molecule has 3 rings (SSSR count). The lowest BCUT2D eigenvalue weighted by molar-refractivity contribution is -0.137. The van der Waals surface area contributed by atoms with E-state index in [1.165, 1.54) is 23.9 Å². The molecule has 0 N–H and O–H groups in total. The van der Waals surface area contributed by atoms with Gasteiger partial charge < -0.3 is 9.30 Å². The van der Waals surface area contributed by atoms with Gasteiger partial charge in [-0.05, 0) is 24.5 Å². The standard InChI is InChI=1S/C17H20F3N3OS/c1-2-15-21-22-16(23(15)10-14-7-4-8-24-14)25-11-12-5-3-6-13(9-12)17(18,19)20/h3,5-6,9,14H,2,4,7-8,10-11H2,1H3. The Morgan fingerprint density at radius 3 is 2.84 bits per heavy atom. The summed E-state index contributed by atoms with van der Waals surface area (Å²) in [6.07, 6.45) is -1.34. The summed E-state index contributed by atoms with van der Waals surface area (Å²) in [6.45, 7) is 3.49. The van der Waals surface area contributed by atoms with Crippen LogP contribution in [0.15, 0.2) is 29.4 Å². The monoisotopic (exact) mass is 371 g/mol. The molecule has 0 radical (unpaired) electrons. The molecule has 136 valence electrons. The van der Waals surface area contributed by atoms with Gasteiger partial charge in [-0.1, -0.05) is 36.9 Å². The number of hydrogen-bond acceptors (Lipinski definition) is 4. The normalized spacial score (nSPS) is 18.0. The van der Waals surface area contributed by atoms with Crippen molar-refractivity contribution in [2.75, 3.05) is 6.61 Å². The van der Waals surface area contributed by atoms with Crippen LogP contribution in [0.4, 0.5) is 13.2 Å². The topological polar surface area (TPSA) is 39.9 Å². The molecule has 25 heavy (non-hydrogen) atoms. The molecule has 1 aromatic heterocycles. The minimum atomic E-state index is -4.32. The second-order valence-corrected chi connectivity index (χ2v) is 6.93. The fraction of sp³-hybridized carbons (Fsp3) is 0.529. The third-order valence-electron chi connectivity index (χ3n) is 4.14. The van der Waals surface area contributed by atoms with Crippen molar-refractivity contribution in [1.82, 2.24) is 14.8 Å². The smallest absolute Gasteiger partial charge is 0.376 e. The van der Waals surface area contributed by atoms with E-state index in [0.29, 0.717) is 17.9 Å². The highest BCUT2D eigenvalue weighted by Gasteiger charge is 2.30. The summed E-state index contributed by atoms with van der Waals surface area (Å²) in [7, 11) is 0. The number of rotatable bonds is 6. The molecule has 1 atom stereocenters. The molecular formula is C17H20F3N3OS. The summed E-state index contributed by atoms with van der Waals surface area (Å²) in [5, 5.41) is 9.14. The Morgan fingerprint density at radius 2 is 2.16 bits per heavy atom. The third kappa shape index (κ3) is 4.55. The van der Waals surface area contributed by atoms with Crippen molar-refractivity contribution in [3.8, 4) is 0 Å². The fourth-order valence-electron chi connectivity index (χ4n) is 2.85. The van der Waals surface area contributed by atoms with Crippen molar-refractivity contribution in [2.45, 2.75) is 55.9 Å². The lowest BCUT2D eigenvalue weighted by Crippen LogP contribution is -2.17. The van der Waals surface area contributed by atoms with E-state index < -0.39 is 11.7 Å². The number of aromatic nitrogens is 3. The average molecular weight is 371 g/mol. The predicted molar refractivity (Wildman–Crippen MR) is 89.4 cm³/mol. The largest absolute Gasteiger partial charge is 0.416 e. The van der Waals surface area contributed by atoms with Crippen molar-refractivity contribution >= 4 is 11.8 Å². The van der Waals surface area contributed by atoms with E-state index in [4.69, 9.17) is 4.74 Å². The zero-order valence-corrected chi connectivity index (χ0v) is 14.7. The SMILES string of the molecule is CCc1nnc(SCc2cccc(C(F)(F)F)c2)n1CC1CCCO1. The Balaban J connectivity index is 1.71. The fourth-order valence-corrected chi connectivity index (χ4v) is 3.76. The second kappa shape index (κ2) is 7.78. The summed E-state index contributed by atoms with van der Waals surface area (Å²) in [4.78, 5) is 0. The first-order valence-corrected chi connectivity index (χ1v) is 9.28. The minimum Gasteiger partial charge on any atom is -0.376 e. The molecular weight excluding hydrogens is 351 g/mol. The minimum absolute atomic E-state index is 0.161. The maximum Gasteiger partial charge on any atom is 0.416 e. The maximum absolute atomic E-state index is 12.8. The molecule has 0 spiro atoms. The Hall–Kier alpha value is -1.54. The maximum atomic E-state index is 12.8. The summed E-state index contributed by atoms with van der Waals surface area (Å²) in [5.41, 5.74) is -0.00907. The molecule has 1 saturated heterocycles. The number of benzene rings is 1. The number of alkyl halides is 3. The van der Waals surface area contributed by atoms with E-state index in [9.17, 15) is 13.2 Å². The van der Waals surface area contributed by atoms with Crippen LogP contribution in [0, 0.1) is 0 Å². The van der Waals surface area contributed by atoms with Crippen LogP contribution in [0.1, 0.15) is 36.7 Å². The number of halogens is 3. The number of ether oxygens (including phenoxy) is 1. The summed E-state index contributed by atoms with van der Waals surface area (Å²) < 4.78 is 46.2. The second-order valence-electron chi connectivity index (χ2n) is 5.98. The van der Waals surface area contributed by atoms with Crippen molar-refractivity contribution in [3.63, 3.8) is 0 Å². The van der Waals surface area contributed by atoms with Gasteiger partial charge in [0.25, 0.3) is 0 Å². The molecule has 0 bridgehead atoms. The molecule has 0 saturated carbocycles. The van der Waals surface area contributed by atoms with Crippen molar-refractivity contribution < 1.29 is 17.9 Å². The van der Waals surface area contributed by atoms with Crippen LogP contribution in [0.2, 0.25) is 0 Å². The number of hydrogen-bond donors (Lipinski definition) is 0. The van der Waals surface area contributed by atoms with Gasteiger partial charge in [0.1, 0.15) is 5.82 Å². The van der Waals surface area contributed by atoms with Crippen molar-refractivity contribution in [3.05, 3.63) is 41.2 Å². The zero-order valence-electron chi connectivity index (χ0n) is 13.9. The van der Waals surface area contributed by atoms with Gasteiger partial charge in [0.2, 0.25) is 0 Å². The quantitative estimate of drug-likeness (QED) is 0.709. The van der Waals surface area contributed by atoms with E-state index in [0.717, 1.165) is 42.9 Å². The lowest BCUT2D eigenvalue weighted by Gasteiger charge is -2.14. The molecule has 1 aliphatic heterocycles. The first-order valence-electron chi connectivity index (χ1n) is 8.30. The molecule has 1 aromatic carbocycles. The Kier molecular flexibility index (Phi) is 5.68. The Morgan fingerprint density at radius 1 is 1.32 bits per heavy atom. The third-order valence-corrected chi connectivity index (χ3v) is 5.18. The summed E-state index contributed by atoms with van der Waals surface area (Å²) >= 11 is 1.41. The summed E-state index contributed by atoms with van der Waals surface area (Å²) in [6, 6.07) is 5.41. The van der Waals surface area contributed by atoms with Crippen LogP contribution in [0.25, 0.3) is 0 Å². The van der Waals surface area contributed by atoms with Gasteiger partial charge in [0, 0.05) is 18.8 Å². The van der Waals surface area contributed by atoms with Gasteiger partial charge >= 0.3 is 6.18 Å². The molecule has 8 heteroatoms. The first-order chi connectivity index (χ1) is 12.0. The van der Waals surface area contributed by atoms with Crippen LogP contribution < -0.4 is 0 Å². The molecule has 1 aliphatic rings. The molecule has 0 amide bonds. The van der Waals surface area contributed by atoms with Gasteiger partial charge in [-0.15, -0.1) is 10.2 Å². The Bertz CT molecular complexity index is 711. The number of nitrogens with zero attached hydrogens (tertiary/aromatic N) is 3. The lowest BCUT2D eigenvalue weighted by atomic mass is 10.1. The highest BCUT2D eigenvalue weighted by atomic mass is 32.2. The number of aryl methyl sites for hydroxylation is 1. The van der Waals surface area contributed by atoms with Crippen molar-refractivity contribution in [2.24, 2.45) is 0 Å². The highest BCUT2D eigenvalue weighted by molar-refractivity contribution is 7.98. The highest BCUT2D eigenvalue weighted by Crippen LogP contribution is 2.31. The molecule has 2 aromatic rings. The van der Waals surface area contributed by atoms with Crippen LogP contribution in [-0.2, 0) is 29.6 Å².